The summed E-state index contributed by atoms with van der Waals surface area (Å²) in [6, 6.07) is 0.255. The highest BCUT2D eigenvalue weighted by Crippen LogP contribution is 2.32. The normalized spacial score (nSPS) is 25.0. The molecule has 21 heavy (non-hydrogen) atoms. The Kier molecular flexibility index (Phi) is 5.08. The summed E-state index contributed by atoms with van der Waals surface area (Å²) in [6.45, 7) is 7.48. The zero-order valence-electron chi connectivity index (χ0n) is 13.3. The predicted molar refractivity (Wildman–Crippen MR) is 88.9 cm³/mol. The molecule has 1 fully saturated rings. The summed E-state index contributed by atoms with van der Waals surface area (Å²) >= 11 is 1.38. The van der Waals surface area contributed by atoms with Crippen LogP contribution in [0.25, 0.3) is 0 Å². The first kappa shape index (κ1) is 16.1. The maximum absolute atomic E-state index is 12.4. The maximum atomic E-state index is 12.4. The fourth-order valence-corrected chi connectivity index (χ4v) is 3.76. The lowest BCUT2D eigenvalue weighted by Crippen LogP contribution is -2.37. The zero-order valence-corrected chi connectivity index (χ0v) is 14.2. The van der Waals surface area contributed by atoms with Crippen molar-refractivity contribution in [1.82, 2.24) is 10.3 Å². The van der Waals surface area contributed by atoms with Gasteiger partial charge in [-0.25, -0.2) is 4.98 Å². The number of nitrogens with zero attached hydrogens (tertiary/aromatic N) is 2. The molecule has 2 rings (SSSR count). The van der Waals surface area contributed by atoms with Crippen molar-refractivity contribution in [3.63, 3.8) is 0 Å². The fourth-order valence-electron chi connectivity index (χ4n) is 2.88. The Bertz CT molecular complexity index is 502. The van der Waals surface area contributed by atoms with Gasteiger partial charge in [-0.05, 0) is 31.1 Å². The van der Waals surface area contributed by atoms with Crippen molar-refractivity contribution < 1.29 is 4.79 Å². The van der Waals surface area contributed by atoms with Gasteiger partial charge in [-0.3, -0.25) is 4.79 Å². The third kappa shape index (κ3) is 3.48. The van der Waals surface area contributed by atoms with Crippen LogP contribution in [0.15, 0.2) is 0 Å². The molecule has 0 radical (unpaired) electrons. The molecule has 5 nitrogen and oxygen atoms in total. The van der Waals surface area contributed by atoms with Crippen LogP contribution in [-0.2, 0) is 0 Å². The first-order valence-corrected chi connectivity index (χ1v) is 8.54. The molecule has 1 saturated carbocycles. The summed E-state index contributed by atoms with van der Waals surface area (Å²) < 4.78 is 0. The molecular formula is C15H26N4OS. The second kappa shape index (κ2) is 6.64. The van der Waals surface area contributed by atoms with Gasteiger partial charge in [0.05, 0.1) is 0 Å². The molecule has 1 aliphatic rings. The minimum atomic E-state index is -0.0768. The number of nitrogens with two attached hydrogens (primary N) is 1. The lowest BCUT2D eigenvalue weighted by atomic mass is 9.98. The van der Waals surface area contributed by atoms with Crippen LogP contribution < -0.4 is 16.0 Å². The van der Waals surface area contributed by atoms with Crippen molar-refractivity contribution in [3.8, 4) is 0 Å². The summed E-state index contributed by atoms with van der Waals surface area (Å²) in [5, 5.41) is 3.95. The molecule has 0 aliphatic heterocycles. The topological polar surface area (TPSA) is 71.2 Å². The molecule has 6 heteroatoms. The SMILES string of the molecule is CCCN(C)c1nc(N)c(C(=O)NC2CCC(C)C2C)s1. The van der Waals surface area contributed by atoms with E-state index in [1.54, 1.807) is 0 Å². The van der Waals surface area contributed by atoms with Crippen LogP contribution >= 0.6 is 11.3 Å². The molecule has 3 unspecified atom stereocenters. The van der Waals surface area contributed by atoms with Gasteiger partial charge in [0.1, 0.15) is 10.7 Å². The van der Waals surface area contributed by atoms with Gasteiger partial charge < -0.3 is 16.0 Å². The molecule has 3 atom stereocenters. The van der Waals surface area contributed by atoms with Crippen molar-refractivity contribution in [2.24, 2.45) is 11.8 Å². The van der Waals surface area contributed by atoms with Crippen molar-refractivity contribution in [2.45, 2.75) is 46.1 Å². The van der Waals surface area contributed by atoms with E-state index in [-0.39, 0.29) is 11.9 Å². The fraction of sp³-hybridized carbons (Fsp3) is 0.733. The number of nitrogens with one attached hydrogen (secondary N) is 1. The predicted octanol–water partition coefficient (Wildman–Crippen LogP) is 2.74. The summed E-state index contributed by atoms with van der Waals surface area (Å²) in [5.74, 6) is 1.45. The monoisotopic (exact) mass is 310 g/mol. The average Bonchev–Trinajstić information content (AvgIpc) is 2.97. The van der Waals surface area contributed by atoms with Gasteiger partial charge in [0.2, 0.25) is 0 Å². The van der Waals surface area contributed by atoms with Gasteiger partial charge in [-0.15, -0.1) is 0 Å². The van der Waals surface area contributed by atoms with Gasteiger partial charge in [0.15, 0.2) is 5.13 Å². The van der Waals surface area contributed by atoms with Crippen LogP contribution in [0, 0.1) is 11.8 Å². The number of thiazole rings is 1. The molecule has 3 N–H and O–H groups in total. The highest BCUT2D eigenvalue weighted by molar-refractivity contribution is 7.18. The van der Waals surface area contributed by atoms with Gasteiger partial charge in [-0.1, -0.05) is 32.1 Å². The molecular weight excluding hydrogens is 284 g/mol. The van der Waals surface area contributed by atoms with Crippen molar-refractivity contribution in [2.75, 3.05) is 24.2 Å². The van der Waals surface area contributed by atoms with Crippen LogP contribution in [0.5, 0.6) is 0 Å². The van der Waals surface area contributed by atoms with E-state index in [2.05, 4.69) is 31.1 Å². The Labute approximate surface area is 130 Å². The lowest BCUT2D eigenvalue weighted by Gasteiger charge is -2.19. The molecule has 1 aromatic heterocycles. The standard InChI is InChI=1S/C15H26N4OS/c1-5-8-19(4)15-18-13(16)12(21-15)14(20)17-11-7-6-9(2)10(11)3/h9-11H,5-8,16H2,1-4H3,(H,17,20). The number of nitrogen functional groups attached to an aromatic ring is 1. The minimum Gasteiger partial charge on any atom is -0.382 e. The second-order valence-corrected chi connectivity index (χ2v) is 7.10. The van der Waals surface area contributed by atoms with Crippen molar-refractivity contribution in [3.05, 3.63) is 4.88 Å². The number of hydrogen-bond acceptors (Lipinski definition) is 5. The van der Waals surface area contributed by atoms with Gasteiger partial charge in [0.25, 0.3) is 5.91 Å². The first-order valence-electron chi connectivity index (χ1n) is 7.72. The van der Waals surface area contributed by atoms with E-state index >= 15 is 0 Å². The van der Waals surface area contributed by atoms with Gasteiger partial charge in [0, 0.05) is 19.6 Å². The Morgan fingerprint density at radius 2 is 2.19 bits per heavy atom. The Hall–Kier alpha value is -1.30. The molecule has 0 spiro atoms. The van der Waals surface area contributed by atoms with E-state index in [0.717, 1.165) is 24.5 Å². The summed E-state index contributed by atoms with van der Waals surface area (Å²) in [6.07, 6.45) is 3.26. The van der Waals surface area contributed by atoms with Crippen LogP contribution in [0.2, 0.25) is 0 Å². The maximum Gasteiger partial charge on any atom is 0.265 e. The van der Waals surface area contributed by atoms with Crippen molar-refractivity contribution in [1.29, 1.82) is 0 Å². The number of carbonyl (C=O) groups excluding carboxylic acids is 1. The third-order valence-corrected chi connectivity index (χ3v) is 5.70. The number of hydrogen-bond donors (Lipinski definition) is 2. The van der Waals surface area contributed by atoms with E-state index in [1.165, 1.54) is 17.8 Å². The summed E-state index contributed by atoms with van der Waals surface area (Å²) in [7, 11) is 1.98. The molecule has 1 aromatic rings. The number of rotatable bonds is 5. The second-order valence-electron chi connectivity index (χ2n) is 6.13. The first-order chi connectivity index (χ1) is 9.93. The number of anilines is 2. The molecule has 118 valence electrons. The van der Waals surface area contributed by atoms with Crippen LogP contribution in [0.3, 0.4) is 0 Å². The molecule has 1 aliphatic carbocycles. The van der Waals surface area contributed by atoms with E-state index in [1.807, 2.05) is 11.9 Å². The number of carbonyl (C=O) groups is 1. The van der Waals surface area contributed by atoms with E-state index in [0.29, 0.717) is 22.5 Å². The largest absolute Gasteiger partial charge is 0.382 e. The van der Waals surface area contributed by atoms with E-state index in [9.17, 15) is 4.79 Å². The molecule has 0 aromatic carbocycles. The molecule has 0 saturated heterocycles. The van der Waals surface area contributed by atoms with Gasteiger partial charge in [-0.2, -0.15) is 0 Å². The average molecular weight is 310 g/mol. The van der Waals surface area contributed by atoms with E-state index < -0.39 is 0 Å². The highest BCUT2D eigenvalue weighted by atomic mass is 32.1. The molecule has 1 heterocycles. The van der Waals surface area contributed by atoms with Crippen LogP contribution in [0.1, 0.15) is 49.7 Å². The Morgan fingerprint density at radius 3 is 2.76 bits per heavy atom. The van der Waals surface area contributed by atoms with Gasteiger partial charge >= 0.3 is 0 Å². The third-order valence-electron chi connectivity index (χ3n) is 4.52. The van der Waals surface area contributed by atoms with Crippen LogP contribution in [-0.4, -0.2) is 30.5 Å². The van der Waals surface area contributed by atoms with Crippen LogP contribution in [0.4, 0.5) is 10.9 Å². The number of amides is 1. The summed E-state index contributed by atoms with van der Waals surface area (Å²) in [4.78, 5) is 19.3. The smallest absolute Gasteiger partial charge is 0.265 e. The minimum absolute atomic E-state index is 0.0768. The van der Waals surface area contributed by atoms with E-state index in [4.69, 9.17) is 5.73 Å². The Balaban J connectivity index is 2.06. The number of aromatic nitrogens is 1. The molecule has 1 amide bonds. The Morgan fingerprint density at radius 1 is 1.48 bits per heavy atom. The lowest BCUT2D eigenvalue weighted by molar-refractivity contribution is 0.0932. The summed E-state index contributed by atoms with van der Waals surface area (Å²) in [5.41, 5.74) is 5.92. The highest BCUT2D eigenvalue weighted by Gasteiger charge is 2.31. The quantitative estimate of drug-likeness (QED) is 0.877. The molecule has 0 bridgehead atoms. The zero-order chi connectivity index (χ0) is 15.6. The van der Waals surface area contributed by atoms with Crippen molar-refractivity contribution >= 4 is 28.2 Å².